The molecule has 0 aliphatic carbocycles. The zero-order valence-electron chi connectivity index (χ0n) is 13.7. The summed E-state index contributed by atoms with van der Waals surface area (Å²) in [5, 5.41) is 0. The Bertz CT molecular complexity index is 496. The van der Waals surface area contributed by atoms with E-state index in [0.29, 0.717) is 0 Å². The third kappa shape index (κ3) is 3.99. The molecule has 0 unspecified atom stereocenters. The van der Waals surface area contributed by atoms with Crippen LogP contribution in [0.15, 0.2) is 24.3 Å². The topological polar surface area (TPSA) is 29.5 Å². The molecule has 21 heavy (non-hydrogen) atoms. The molecule has 1 saturated heterocycles. The highest BCUT2D eigenvalue weighted by Crippen LogP contribution is 2.29. The van der Waals surface area contributed by atoms with Gasteiger partial charge in [-0.3, -0.25) is 4.79 Å². The number of para-hydroxylation sites is 1. The Hall–Kier alpha value is -1.51. The number of piperidine rings is 1. The van der Waals surface area contributed by atoms with E-state index >= 15 is 0 Å². The van der Waals surface area contributed by atoms with Crippen LogP contribution in [0.4, 0.5) is 0 Å². The second-order valence-corrected chi connectivity index (χ2v) is 6.75. The minimum absolute atomic E-state index is 0.105. The fourth-order valence-corrected chi connectivity index (χ4v) is 3.02. The minimum atomic E-state index is -0.424. The molecular formula is C18H27NO2. The molecule has 1 heterocycles. The molecule has 116 valence electrons. The lowest BCUT2D eigenvalue weighted by atomic mass is 9.84. The number of benzene rings is 1. The highest BCUT2D eigenvalue weighted by molar-refractivity contribution is 5.81. The summed E-state index contributed by atoms with van der Waals surface area (Å²) in [6.07, 6.45) is 2.75. The van der Waals surface area contributed by atoms with Crippen molar-refractivity contribution in [1.82, 2.24) is 4.90 Å². The van der Waals surface area contributed by atoms with Gasteiger partial charge in [-0.2, -0.15) is 0 Å². The van der Waals surface area contributed by atoms with Gasteiger partial charge in [0.25, 0.3) is 5.91 Å². The summed E-state index contributed by atoms with van der Waals surface area (Å²) in [6, 6.07) is 7.96. The average Bonchev–Trinajstić information content (AvgIpc) is 2.46. The van der Waals surface area contributed by atoms with Crippen molar-refractivity contribution in [1.29, 1.82) is 0 Å². The molecule has 1 fully saturated rings. The van der Waals surface area contributed by atoms with E-state index in [1.807, 2.05) is 30.0 Å². The van der Waals surface area contributed by atoms with Crippen LogP contribution in [0.25, 0.3) is 0 Å². The van der Waals surface area contributed by atoms with Crippen LogP contribution >= 0.6 is 0 Å². The molecule has 0 N–H and O–H groups in total. The number of hydrogen-bond donors (Lipinski definition) is 0. The van der Waals surface area contributed by atoms with E-state index in [9.17, 15) is 4.79 Å². The molecule has 1 atom stereocenters. The summed E-state index contributed by atoms with van der Waals surface area (Å²) in [5.41, 5.74) is 1.37. The SMILES string of the molecule is CCc1ccccc1O[C@@H](C)C(=O)N1CCCC(C)(C)C1. The Morgan fingerprint density at radius 2 is 2.10 bits per heavy atom. The fraction of sp³-hybridized carbons (Fsp3) is 0.611. The Balaban J connectivity index is 2.02. The van der Waals surface area contributed by atoms with Crippen LogP contribution < -0.4 is 4.74 Å². The zero-order valence-corrected chi connectivity index (χ0v) is 13.7. The van der Waals surface area contributed by atoms with E-state index < -0.39 is 6.10 Å². The second-order valence-electron chi connectivity index (χ2n) is 6.75. The normalized spacial score (nSPS) is 19.1. The van der Waals surface area contributed by atoms with E-state index in [1.54, 1.807) is 0 Å². The number of nitrogens with zero attached hydrogens (tertiary/aromatic N) is 1. The van der Waals surface area contributed by atoms with Crippen molar-refractivity contribution < 1.29 is 9.53 Å². The first-order valence-corrected chi connectivity index (χ1v) is 7.96. The lowest BCUT2D eigenvalue weighted by Crippen LogP contribution is -2.48. The van der Waals surface area contributed by atoms with Gasteiger partial charge in [-0.15, -0.1) is 0 Å². The maximum Gasteiger partial charge on any atom is 0.263 e. The third-order valence-corrected chi connectivity index (χ3v) is 4.22. The number of likely N-dealkylation sites (tertiary alicyclic amines) is 1. The molecule has 0 saturated carbocycles. The Kier molecular flexibility index (Phi) is 4.92. The standard InChI is InChI=1S/C18H27NO2/c1-5-15-9-6-7-10-16(15)21-14(2)17(20)19-12-8-11-18(3,4)13-19/h6-7,9-10,14H,5,8,11-13H2,1-4H3/t14-/m0/s1. The Morgan fingerprint density at radius 1 is 1.38 bits per heavy atom. The molecule has 0 aromatic heterocycles. The van der Waals surface area contributed by atoms with Crippen LogP contribution in [0.2, 0.25) is 0 Å². The van der Waals surface area contributed by atoms with Gasteiger partial charge in [0.1, 0.15) is 5.75 Å². The predicted molar refractivity (Wildman–Crippen MR) is 85.5 cm³/mol. The number of amides is 1. The lowest BCUT2D eigenvalue weighted by molar-refractivity contribution is -0.141. The van der Waals surface area contributed by atoms with Gasteiger partial charge >= 0.3 is 0 Å². The summed E-state index contributed by atoms with van der Waals surface area (Å²) < 4.78 is 5.93. The monoisotopic (exact) mass is 289 g/mol. The second kappa shape index (κ2) is 6.50. The molecule has 1 aliphatic heterocycles. The van der Waals surface area contributed by atoms with Crippen LogP contribution in [-0.4, -0.2) is 30.0 Å². The number of carbonyl (C=O) groups excluding carboxylic acids is 1. The summed E-state index contributed by atoms with van der Waals surface area (Å²) in [7, 11) is 0. The van der Waals surface area contributed by atoms with Gasteiger partial charge in [0.2, 0.25) is 0 Å². The van der Waals surface area contributed by atoms with E-state index in [0.717, 1.165) is 37.2 Å². The van der Waals surface area contributed by atoms with Crippen molar-refractivity contribution in [3.63, 3.8) is 0 Å². The van der Waals surface area contributed by atoms with Crippen molar-refractivity contribution >= 4 is 5.91 Å². The first-order valence-electron chi connectivity index (χ1n) is 7.96. The predicted octanol–water partition coefficient (Wildman–Crippen LogP) is 3.66. The largest absolute Gasteiger partial charge is 0.481 e. The Morgan fingerprint density at radius 3 is 2.76 bits per heavy atom. The molecule has 3 nitrogen and oxygen atoms in total. The van der Waals surface area contributed by atoms with Crippen molar-refractivity contribution in [2.24, 2.45) is 5.41 Å². The van der Waals surface area contributed by atoms with Gasteiger partial charge in [0.15, 0.2) is 6.10 Å². The lowest BCUT2D eigenvalue weighted by Gasteiger charge is -2.39. The van der Waals surface area contributed by atoms with Crippen LogP contribution in [0, 0.1) is 5.41 Å². The minimum Gasteiger partial charge on any atom is -0.481 e. The molecule has 1 aromatic rings. The number of aryl methyl sites for hydroxylation is 1. The van der Waals surface area contributed by atoms with Crippen molar-refractivity contribution in [3.8, 4) is 5.75 Å². The van der Waals surface area contributed by atoms with Gasteiger partial charge in [0.05, 0.1) is 0 Å². The van der Waals surface area contributed by atoms with Gasteiger partial charge in [-0.1, -0.05) is 39.0 Å². The average molecular weight is 289 g/mol. The molecule has 1 aromatic carbocycles. The van der Waals surface area contributed by atoms with E-state index in [4.69, 9.17) is 4.74 Å². The molecule has 2 rings (SSSR count). The van der Waals surface area contributed by atoms with E-state index in [-0.39, 0.29) is 11.3 Å². The van der Waals surface area contributed by atoms with Gasteiger partial charge in [-0.05, 0) is 43.2 Å². The zero-order chi connectivity index (χ0) is 15.5. The van der Waals surface area contributed by atoms with Crippen molar-refractivity contribution in [3.05, 3.63) is 29.8 Å². The maximum atomic E-state index is 12.6. The molecule has 3 heteroatoms. The molecule has 0 radical (unpaired) electrons. The first kappa shape index (κ1) is 15.9. The summed E-state index contributed by atoms with van der Waals surface area (Å²) in [5.74, 6) is 0.936. The highest BCUT2D eigenvalue weighted by Gasteiger charge is 2.31. The number of carbonyl (C=O) groups is 1. The van der Waals surface area contributed by atoms with Gasteiger partial charge in [-0.25, -0.2) is 0 Å². The maximum absolute atomic E-state index is 12.6. The smallest absolute Gasteiger partial charge is 0.263 e. The summed E-state index contributed by atoms with van der Waals surface area (Å²) >= 11 is 0. The molecule has 0 bridgehead atoms. The van der Waals surface area contributed by atoms with Crippen LogP contribution in [0.3, 0.4) is 0 Å². The number of ether oxygens (including phenoxy) is 1. The molecule has 1 aliphatic rings. The van der Waals surface area contributed by atoms with Crippen molar-refractivity contribution in [2.45, 2.75) is 53.1 Å². The number of rotatable bonds is 4. The van der Waals surface area contributed by atoms with E-state index in [1.165, 1.54) is 6.42 Å². The molecule has 1 amide bonds. The van der Waals surface area contributed by atoms with E-state index in [2.05, 4.69) is 26.8 Å². The van der Waals surface area contributed by atoms with Crippen molar-refractivity contribution in [2.75, 3.05) is 13.1 Å². The van der Waals surface area contributed by atoms with Gasteiger partial charge < -0.3 is 9.64 Å². The first-order chi connectivity index (χ1) is 9.93. The molecule has 0 spiro atoms. The number of hydrogen-bond acceptors (Lipinski definition) is 2. The van der Waals surface area contributed by atoms with Gasteiger partial charge in [0, 0.05) is 13.1 Å². The third-order valence-electron chi connectivity index (χ3n) is 4.22. The highest BCUT2D eigenvalue weighted by atomic mass is 16.5. The quantitative estimate of drug-likeness (QED) is 0.846. The van der Waals surface area contributed by atoms with Crippen LogP contribution in [0.1, 0.15) is 46.1 Å². The molecular weight excluding hydrogens is 262 g/mol. The fourth-order valence-electron chi connectivity index (χ4n) is 3.02. The summed E-state index contributed by atoms with van der Waals surface area (Å²) in [4.78, 5) is 14.6. The van der Waals surface area contributed by atoms with Crippen LogP contribution in [0.5, 0.6) is 5.75 Å². The summed E-state index contributed by atoms with van der Waals surface area (Å²) in [6.45, 7) is 10.1. The van der Waals surface area contributed by atoms with Crippen LogP contribution in [-0.2, 0) is 11.2 Å². The Labute approximate surface area is 128 Å².